The van der Waals surface area contributed by atoms with Crippen molar-refractivity contribution < 1.29 is 8.78 Å². The lowest BCUT2D eigenvalue weighted by Gasteiger charge is -2.06. The van der Waals surface area contributed by atoms with E-state index in [1.165, 1.54) is 6.07 Å². The van der Waals surface area contributed by atoms with Crippen LogP contribution in [0.3, 0.4) is 0 Å². The van der Waals surface area contributed by atoms with Gasteiger partial charge >= 0.3 is 0 Å². The summed E-state index contributed by atoms with van der Waals surface area (Å²) in [5.74, 6) is -1.78. The first-order chi connectivity index (χ1) is 11.2. The van der Waals surface area contributed by atoms with Crippen LogP contribution in [-0.2, 0) is 0 Å². The summed E-state index contributed by atoms with van der Waals surface area (Å²) >= 11 is 0. The Morgan fingerprint density at radius 1 is 0.739 bits per heavy atom. The van der Waals surface area contributed by atoms with Crippen LogP contribution in [0.15, 0.2) is 77.8 Å². The third kappa shape index (κ3) is 4.01. The first-order valence-electron chi connectivity index (χ1n) is 7.12. The first-order valence-corrected chi connectivity index (χ1v) is 7.12. The standard InChI is InChI=1S/C19H14F2N2/c20-18-11-10-17(12-19(18)21)22-13-14-6-8-16(9-7-14)23-15-4-2-1-3-5-15/h1-13,23H. The van der Waals surface area contributed by atoms with Crippen LogP contribution in [0.4, 0.5) is 25.8 Å². The molecular formula is C19H14F2N2. The van der Waals surface area contributed by atoms with Crippen LogP contribution in [0.25, 0.3) is 0 Å². The Labute approximate surface area is 133 Å². The molecule has 0 aliphatic carbocycles. The molecule has 0 aromatic heterocycles. The Kier molecular flexibility index (Phi) is 4.43. The number of para-hydroxylation sites is 1. The summed E-state index contributed by atoms with van der Waals surface area (Å²) in [4.78, 5) is 4.14. The third-order valence-electron chi connectivity index (χ3n) is 3.24. The molecule has 0 heterocycles. The van der Waals surface area contributed by atoms with Gasteiger partial charge in [-0.15, -0.1) is 0 Å². The fourth-order valence-electron chi connectivity index (χ4n) is 2.06. The Hall–Kier alpha value is -3.01. The quantitative estimate of drug-likeness (QED) is 0.636. The fraction of sp³-hybridized carbons (Fsp3) is 0. The minimum atomic E-state index is -0.901. The highest BCUT2D eigenvalue weighted by atomic mass is 19.2. The zero-order chi connectivity index (χ0) is 16.1. The van der Waals surface area contributed by atoms with Gasteiger partial charge in [0.1, 0.15) is 0 Å². The Balaban J connectivity index is 1.69. The van der Waals surface area contributed by atoms with Gasteiger partial charge in [0.25, 0.3) is 0 Å². The molecule has 0 saturated carbocycles. The van der Waals surface area contributed by atoms with Crippen LogP contribution in [0.1, 0.15) is 5.56 Å². The second kappa shape index (κ2) is 6.83. The molecule has 3 aromatic rings. The Morgan fingerprint density at radius 2 is 1.43 bits per heavy atom. The van der Waals surface area contributed by atoms with Gasteiger partial charge in [0.05, 0.1) is 5.69 Å². The molecule has 0 bridgehead atoms. The van der Waals surface area contributed by atoms with E-state index in [2.05, 4.69) is 10.3 Å². The molecular weight excluding hydrogens is 294 g/mol. The number of nitrogens with zero attached hydrogens (tertiary/aromatic N) is 1. The number of rotatable bonds is 4. The minimum Gasteiger partial charge on any atom is -0.356 e. The van der Waals surface area contributed by atoms with Crippen molar-refractivity contribution in [3.05, 3.63) is 90.0 Å². The summed E-state index contributed by atoms with van der Waals surface area (Å²) in [6.07, 6.45) is 1.61. The van der Waals surface area contributed by atoms with Crippen molar-refractivity contribution in [3.63, 3.8) is 0 Å². The maximum atomic E-state index is 13.1. The number of benzene rings is 3. The largest absolute Gasteiger partial charge is 0.356 e. The predicted octanol–water partition coefficient (Wildman–Crippen LogP) is 5.46. The van der Waals surface area contributed by atoms with Crippen LogP contribution >= 0.6 is 0 Å². The summed E-state index contributed by atoms with van der Waals surface area (Å²) in [7, 11) is 0. The van der Waals surface area contributed by atoms with Gasteiger partial charge in [-0.3, -0.25) is 4.99 Å². The number of anilines is 2. The summed E-state index contributed by atoms with van der Waals surface area (Å²) in [5.41, 5.74) is 3.21. The number of hydrogen-bond acceptors (Lipinski definition) is 2. The molecule has 0 fully saturated rings. The van der Waals surface area contributed by atoms with E-state index in [4.69, 9.17) is 0 Å². The van der Waals surface area contributed by atoms with Crippen LogP contribution in [0.5, 0.6) is 0 Å². The lowest BCUT2D eigenvalue weighted by atomic mass is 10.2. The molecule has 0 spiro atoms. The van der Waals surface area contributed by atoms with Gasteiger partial charge in [0.2, 0.25) is 0 Å². The SMILES string of the molecule is Fc1ccc(N=Cc2ccc(Nc3ccccc3)cc2)cc1F. The molecule has 0 unspecified atom stereocenters. The maximum absolute atomic E-state index is 13.1. The number of hydrogen-bond donors (Lipinski definition) is 1. The lowest BCUT2D eigenvalue weighted by molar-refractivity contribution is 0.509. The normalized spacial score (nSPS) is 10.9. The highest BCUT2D eigenvalue weighted by molar-refractivity contribution is 5.82. The number of nitrogens with one attached hydrogen (secondary N) is 1. The van der Waals surface area contributed by atoms with Gasteiger partial charge in [-0.2, -0.15) is 0 Å². The van der Waals surface area contributed by atoms with Crippen LogP contribution in [-0.4, -0.2) is 6.21 Å². The first kappa shape index (κ1) is 14.9. The highest BCUT2D eigenvalue weighted by Crippen LogP contribution is 2.18. The van der Waals surface area contributed by atoms with E-state index in [0.717, 1.165) is 29.1 Å². The van der Waals surface area contributed by atoms with Gasteiger partial charge in [-0.1, -0.05) is 30.3 Å². The van der Waals surface area contributed by atoms with Crippen molar-refractivity contribution in [2.45, 2.75) is 0 Å². The molecule has 0 saturated heterocycles. The molecule has 0 atom stereocenters. The van der Waals surface area contributed by atoms with E-state index in [1.54, 1.807) is 6.21 Å². The van der Waals surface area contributed by atoms with Crippen LogP contribution < -0.4 is 5.32 Å². The lowest BCUT2D eigenvalue weighted by Crippen LogP contribution is -1.90. The van der Waals surface area contributed by atoms with Gasteiger partial charge in [0, 0.05) is 23.7 Å². The number of aliphatic imine (C=N–C) groups is 1. The van der Waals surface area contributed by atoms with Crippen molar-refractivity contribution in [2.75, 3.05) is 5.32 Å². The summed E-state index contributed by atoms with van der Waals surface area (Å²) < 4.78 is 26.0. The predicted molar refractivity (Wildman–Crippen MR) is 89.8 cm³/mol. The summed E-state index contributed by atoms with van der Waals surface area (Å²) in [6, 6.07) is 21.1. The average Bonchev–Trinajstić information content (AvgIpc) is 2.58. The van der Waals surface area contributed by atoms with E-state index in [0.29, 0.717) is 5.69 Å². The topological polar surface area (TPSA) is 24.4 Å². The molecule has 23 heavy (non-hydrogen) atoms. The minimum absolute atomic E-state index is 0.371. The monoisotopic (exact) mass is 308 g/mol. The van der Waals surface area contributed by atoms with Crippen molar-refractivity contribution in [2.24, 2.45) is 4.99 Å². The maximum Gasteiger partial charge on any atom is 0.160 e. The molecule has 1 N–H and O–H groups in total. The molecule has 114 valence electrons. The second-order valence-electron chi connectivity index (χ2n) is 4.97. The van der Waals surface area contributed by atoms with Crippen molar-refractivity contribution >= 4 is 23.3 Å². The van der Waals surface area contributed by atoms with Crippen molar-refractivity contribution in [3.8, 4) is 0 Å². The van der Waals surface area contributed by atoms with Crippen molar-refractivity contribution in [1.82, 2.24) is 0 Å². The summed E-state index contributed by atoms with van der Waals surface area (Å²) in [5, 5.41) is 3.28. The van der Waals surface area contributed by atoms with E-state index in [9.17, 15) is 8.78 Å². The second-order valence-corrected chi connectivity index (χ2v) is 4.97. The van der Waals surface area contributed by atoms with Gasteiger partial charge in [-0.25, -0.2) is 8.78 Å². The molecule has 4 heteroatoms. The molecule has 3 aromatic carbocycles. The van der Waals surface area contributed by atoms with Crippen molar-refractivity contribution in [1.29, 1.82) is 0 Å². The summed E-state index contributed by atoms with van der Waals surface area (Å²) in [6.45, 7) is 0. The zero-order valence-corrected chi connectivity index (χ0v) is 12.2. The van der Waals surface area contributed by atoms with E-state index in [-0.39, 0.29) is 0 Å². The molecule has 3 rings (SSSR count). The molecule has 2 nitrogen and oxygen atoms in total. The van der Waals surface area contributed by atoms with Gasteiger partial charge in [0.15, 0.2) is 11.6 Å². The highest BCUT2D eigenvalue weighted by Gasteiger charge is 2.00. The molecule has 0 aliphatic rings. The Morgan fingerprint density at radius 3 is 2.13 bits per heavy atom. The molecule has 0 radical (unpaired) electrons. The van der Waals surface area contributed by atoms with E-state index >= 15 is 0 Å². The van der Waals surface area contributed by atoms with Crippen LogP contribution in [0.2, 0.25) is 0 Å². The fourth-order valence-corrected chi connectivity index (χ4v) is 2.06. The van der Waals surface area contributed by atoms with Gasteiger partial charge < -0.3 is 5.32 Å². The third-order valence-corrected chi connectivity index (χ3v) is 3.24. The van der Waals surface area contributed by atoms with Crippen LogP contribution in [0, 0.1) is 11.6 Å². The Bertz CT molecular complexity index is 813. The zero-order valence-electron chi connectivity index (χ0n) is 12.2. The average molecular weight is 308 g/mol. The van der Waals surface area contributed by atoms with Gasteiger partial charge in [-0.05, 0) is 42.0 Å². The molecule has 0 amide bonds. The number of halogens is 2. The van der Waals surface area contributed by atoms with E-state index in [1.807, 2.05) is 54.6 Å². The molecule has 0 aliphatic heterocycles. The van der Waals surface area contributed by atoms with E-state index < -0.39 is 11.6 Å². The smallest absolute Gasteiger partial charge is 0.160 e.